The average molecular weight is 428 g/mol. The quantitative estimate of drug-likeness (QED) is 0.468. The second-order valence-electron chi connectivity index (χ2n) is 8.16. The maximum atomic E-state index is 5.48. The topological polar surface area (TPSA) is 70.0 Å². The number of aliphatic imine (C=N–C) groups is 1. The number of nitrogens with zero attached hydrogens (tertiary/aromatic N) is 5. The molecule has 1 aliphatic heterocycles. The Hall–Kier alpha value is -2.42. The van der Waals surface area contributed by atoms with E-state index in [2.05, 4.69) is 77.0 Å². The number of hydrogen-bond donors (Lipinski definition) is 2. The highest BCUT2D eigenvalue weighted by atomic mass is 16.5. The van der Waals surface area contributed by atoms with Gasteiger partial charge in [-0.25, -0.2) is 4.99 Å². The van der Waals surface area contributed by atoms with Gasteiger partial charge in [-0.1, -0.05) is 24.3 Å². The van der Waals surface area contributed by atoms with Crippen LogP contribution in [0.2, 0.25) is 0 Å². The van der Waals surface area contributed by atoms with Crippen LogP contribution in [0.3, 0.4) is 0 Å². The van der Waals surface area contributed by atoms with Gasteiger partial charge in [-0.05, 0) is 32.1 Å². The Balaban J connectivity index is 1.65. The predicted molar refractivity (Wildman–Crippen MR) is 125 cm³/mol. The molecule has 1 atom stereocenters. The van der Waals surface area contributed by atoms with Gasteiger partial charge in [0, 0.05) is 51.5 Å². The molecule has 0 bridgehead atoms. The molecular weight excluding hydrogens is 390 g/mol. The van der Waals surface area contributed by atoms with Crippen LogP contribution in [0.5, 0.6) is 0 Å². The van der Waals surface area contributed by atoms with Crippen molar-refractivity contribution < 1.29 is 4.74 Å². The molecule has 8 nitrogen and oxygen atoms in total. The zero-order valence-electron chi connectivity index (χ0n) is 19.3. The monoisotopic (exact) mass is 427 g/mol. The van der Waals surface area contributed by atoms with Crippen LogP contribution in [-0.4, -0.2) is 79.0 Å². The number of ether oxygens (including phenoxy) is 1. The van der Waals surface area contributed by atoms with Crippen molar-refractivity contribution in [1.29, 1.82) is 0 Å². The summed E-state index contributed by atoms with van der Waals surface area (Å²) in [6.07, 6.45) is 4.00. The molecule has 1 saturated heterocycles. The maximum Gasteiger partial charge on any atom is 0.191 e. The van der Waals surface area contributed by atoms with E-state index >= 15 is 0 Å². The smallest absolute Gasteiger partial charge is 0.191 e. The van der Waals surface area contributed by atoms with Crippen LogP contribution >= 0.6 is 0 Å². The molecule has 2 heterocycles. The van der Waals surface area contributed by atoms with Crippen molar-refractivity contribution in [3.63, 3.8) is 0 Å². The third-order valence-electron chi connectivity index (χ3n) is 5.56. The van der Waals surface area contributed by atoms with Gasteiger partial charge in [-0.2, -0.15) is 5.10 Å². The minimum absolute atomic E-state index is 0.214. The SMILES string of the molecule is CCNC(=NCc1ccccc1CN1CCOCC1)NCC(c1cnn(C)c1)N(C)C. The lowest BCUT2D eigenvalue weighted by atomic mass is 10.1. The van der Waals surface area contributed by atoms with Crippen LogP contribution in [-0.2, 0) is 24.9 Å². The number of morpholine rings is 1. The van der Waals surface area contributed by atoms with E-state index in [1.54, 1.807) is 0 Å². The molecule has 1 unspecified atom stereocenters. The van der Waals surface area contributed by atoms with Gasteiger partial charge in [-0.15, -0.1) is 0 Å². The van der Waals surface area contributed by atoms with Crippen molar-refractivity contribution in [2.45, 2.75) is 26.1 Å². The second-order valence-corrected chi connectivity index (χ2v) is 8.16. The van der Waals surface area contributed by atoms with E-state index in [-0.39, 0.29) is 6.04 Å². The molecule has 1 aromatic heterocycles. The largest absolute Gasteiger partial charge is 0.379 e. The molecule has 8 heteroatoms. The van der Waals surface area contributed by atoms with Gasteiger partial charge < -0.3 is 20.3 Å². The van der Waals surface area contributed by atoms with Crippen LogP contribution in [0.25, 0.3) is 0 Å². The summed E-state index contributed by atoms with van der Waals surface area (Å²) in [5.74, 6) is 0.833. The Labute approximate surface area is 186 Å². The lowest BCUT2D eigenvalue weighted by Gasteiger charge is -2.27. The van der Waals surface area contributed by atoms with Crippen LogP contribution in [0.4, 0.5) is 0 Å². The van der Waals surface area contributed by atoms with E-state index in [9.17, 15) is 0 Å². The molecule has 2 N–H and O–H groups in total. The van der Waals surface area contributed by atoms with Crippen molar-refractivity contribution in [2.75, 3.05) is 53.5 Å². The van der Waals surface area contributed by atoms with Crippen molar-refractivity contribution >= 4 is 5.96 Å². The third kappa shape index (κ3) is 7.05. The highest BCUT2D eigenvalue weighted by molar-refractivity contribution is 5.79. The fourth-order valence-electron chi connectivity index (χ4n) is 3.78. The van der Waals surface area contributed by atoms with E-state index in [4.69, 9.17) is 9.73 Å². The van der Waals surface area contributed by atoms with Crippen LogP contribution in [0.15, 0.2) is 41.7 Å². The number of guanidine groups is 1. The Morgan fingerprint density at radius 3 is 2.58 bits per heavy atom. The Bertz CT molecular complexity index is 827. The van der Waals surface area contributed by atoms with E-state index in [0.717, 1.165) is 51.9 Å². The van der Waals surface area contributed by atoms with Crippen LogP contribution in [0, 0.1) is 0 Å². The summed E-state index contributed by atoms with van der Waals surface area (Å²) in [4.78, 5) is 9.53. The summed E-state index contributed by atoms with van der Waals surface area (Å²) in [6, 6.07) is 8.82. The second kappa shape index (κ2) is 11.8. The summed E-state index contributed by atoms with van der Waals surface area (Å²) in [6.45, 7) is 8.87. The third-order valence-corrected chi connectivity index (χ3v) is 5.56. The molecule has 1 aromatic carbocycles. The minimum Gasteiger partial charge on any atom is -0.379 e. The first-order valence-corrected chi connectivity index (χ1v) is 11.1. The molecule has 0 saturated carbocycles. The lowest BCUT2D eigenvalue weighted by molar-refractivity contribution is 0.0341. The van der Waals surface area contributed by atoms with Gasteiger partial charge in [0.1, 0.15) is 0 Å². The molecule has 1 fully saturated rings. The molecule has 0 amide bonds. The molecule has 0 radical (unpaired) electrons. The molecule has 170 valence electrons. The van der Waals surface area contributed by atoms with Gasteiger partial charge in [0.15, 0.2) is 5.96 Å². The Morgan fingerprint density at radius 1 is 1.19 bits per heavy atom. The number of benzene rings is 1. The lowest BCUT2D eigenvalue weighted by Crippen LogP contribution is -2.41. The molecular formula is C23H37N7O. The standard InChI is InChI=1S/C23H37N7O/c1-5-24-23(26-16-22(28(2)3)21-15-27-29(4)17-21)25-14-19-8-6-7-9-20(19)18-30-10-12-31-13-11-30/h6-9,15,17,22H,5,10-14,16,18H2,1-4H3,(H2,24,25,26). The number of aromatic nitrogens is 2. The zero-order chi connectivity index (χ0) is 22.1. The summed E-state index contributed by atoms with van der Waals surface area (Å²) >= 11 is 0. The first kappa shape index (κ1) is 23.2. The van der Waals surface area contributed by atoms with Crippen molar-refractivity contribution in [1.82, 2.24) is 30.2 Å². The molecule has 0 aliphatic carbocycles. The van der Waals surface area contributed by atoms with Crippen molar-refractivity contribution in [3.05, 3.63) is 53.3 Å². The highest BCUT2D eigenvalue weighted by Crippen LogP contribution is 2.16. The first-order chi connectivity index (χ1) is 15.1. The van der Waals surface area contributed by atoms with Gasteiger partial charge in [0.2, 0.25) is 0 Å². The fraction of sp³-hybridized carbons (Fsp3) is 0.565. The molecule has 1 aliphatic rings. The number of aryl methyl sites for hydroxylation is 1. The van der Waals surface area contributed by atoms with E-state index in [1.807, 2.05) is 17.9 Å². The molecule has 31 heavy (non-hydrogen) atoms. The van der Waals surface area contributed by atoms with E-state index in [0.29, 0.717) is 6.54 Å². The first-order valence-electron chi connectivity index (χ1n) is 11.1. The molecule has 3 rings (SSSR count). The number of rotatable bonds is 9. The molecule has 0 spiro atoms. The normalized spacial score (nSPS) is 16.5. The highest BCUT2D eigenvalue weighted by Gasteiger charge is 2.17. The average Bonchev–Trinajstić information content (AvgIpc) is 3.19. The fourth-order valence-corrected chi connectivity index (χ4v) is 3.78. The predicted octanol–water partition coefficient (Wildman–Crippen LogP) is 1.61. The zero-order valence-corrected chi connectivity index (χ0v) is 19.3. The van der Waals surface area contributed by atoms with Gasteiger partial charge >= 0.3 is 0 Å². The summed E-state index contributed by atoms with van der Waals surface area (Å²) in [7, 11) is 6.13. The van der Waals surface area contributed by atoms with Crippen molar-refractivity contribution in [3.8, 4) is 0 Å². The van der Waals surface area contributed by atoms with E-state index in [1.165, 1.54) is 16.7 Å². The minimum atomic E-state index is 0.214. The Kier molecular flexibility index (Phi) is 8.87. The molecule has 2 aromatic rings. The maximum absolute atomic E-state index is 5.48. The van der Waals surface area contributed by atoms with Crippen LogP contribution in [0.1, 0.15) is 29.7 Å². The van der Waals surface area contributed by atoms with Gasteiger partial charge in [0.25, 0.3) is 0 Å². The van der Waals surface area contributed by atoms with Gasteiger partial charge in [0.05, 0.1) is 32.0 Å². The Morgan fingerprint density at radius 2 is 1.94 bits per heavy atom. The number of hydrogen-bond acceptors (Lipinski definition) is 5. The number of likely N-dealkylation sites (N-methyl/N-ethyl adjacent to an activating group) is 1. The van der Waals surface area contributed by atoms with Gasteiger partial charge in [-0.3, -0.25) is 9.58 Å². The number of nitrogens with one attached hydrogen (secondary N) is 2. The summed E-state index contributed by atoms with van der Waals surface area (Å²) in [5, 5.41) is 11.2. The summed E-state index contributed by atoms with van der Waals surface area (Å²) < 4.78 is 7.32. The van der Waals surface area contributed by atoms with Crippen molar-refractivity contribution in [2.24, 2.45) is 12.0 Å². The van der Waals surface area contributed by atoms with E-state index < -0.39 is 0 Å². The van der Waals surface area contributed by atoms with Crippen LogP contribution < -0.4 is 10.6 Å². The summed E-state index contributed by atoms with van der Waals surface area (Å²) in [5.41, 5.74) is 3.79.